The summed E-state index contributed by atoms with van der Waals surface area (Å²) in [6, 6.07) is 123. The van der Waals surface area contributed by atoms with E-state index in [2.05, 4.69) is 343 Å². The maximum absolute atomic E-state index is 6.59. The van der Waals surface area contributed by atoms with Crippen molar-refractivity contribution in [3.05, 3.63) is 340 Å². The smallest absolute Gasteiger partial charge is 0.248 e. The molecule has 2 aliphatic heterocycles. The van der Waals surface area contributed by atoms with Gasteiger partial charge in [0.25, 0.3) is 0 Å². The molecule has 0 spiro atoms. The van der Waals surface area contributed by atoms with Crippen LogP contribution in [0.25, 0.3) is 86.6 Å². The summed E-state index contributed by atoms with van der Waals surface area (Å²) in [7, 11) is 0. The molecule has 0 aliphatic carbocycles. The van der Waals surface area contributed by atoms with Gasteiger partial charge < -0.3 is 14.2 Å². The third kappa shape index (κ3) is 8.90. The van der Waals surface area contributed by atoms with Gasteiger partial charge in [0.2, 0.25) is 13.4 Å². The summed E-state index contributed by atoms with van der Waals surface area (Å²) in [5.41, 5.74) is 26.6. The van der Waals surface area contributed by atoms with E-state index < -0.39 is 0 Å². The Morgan fingerprint density at radius 1 is 0.244 bits per heavy atom. The molecule has 0 amide bonds. The van der Waals surface area contributed by atoms with Gasteiger partial charge in [-0.1, -0.05) is 302 Å². The van der Waals surface area contributed by atoms with Gasteiger partial charge in [-0.3, -0.25) is 0 Å². The minimum Gasteiger partial charge on any atom is -0.454 e. The lowest BCUT2D eigenvalue weighted by molar-refractivity contribution is 0.669. The van der Waals surface area contributed by atoms with Crippen LogP contribution in [-0.4, -0.2) is 13.4 Å². The lowest BCUT2D eigenvalue weighted by Gasteiger charge is -2.38. The molecule has 420 valence electrons. The quantitative estimate of drug-likeness (QED) is 0.141. The summed E-state index contributed by atoms with van der Waals surface area (Å²) in [5.74, 6) is 0. The van der Waals surface area contributed by atoms with E-state index in [0.29, 0.717) is 0 Å². The lowest BCUT2D eigenvalue weighted by Crippen LogP contribution is -2.58. The average Bonchev–Trinajstić information content (AvgIpc) is 0.903. The summed E-state index contributed by atoms with van der Waals surface area (Å²) >= 11 is 1.89. The van der Waals surface area contributed by atoms with E-state index in [0.717, 1.165) is 39.0 Å². The molecule has 16 aromatic rings. The first-order valence-corrected chi connectivity index (χ1v) is 31.8. The lowest BCUT2D eigenvalue weighted by atomic mass is 9.33. The Hall–Kier alpha value is -11.2. The van der Waals surface area contributed by atoms with Crippen LogP contribution in [0.1, 0.15) is 0 Å². The van der Waals surface area contributed by atoms with Gasteiger partial charge in [-0.15, -0.1) is 11.3 Å². The number of hydrogen-bond acceptors (Lipinski definition) is 4. The van der Waals surface area contributed by atoms with Crippen molar-refractivity contribution in [1.82, 2.24) is 0 Å². The molecule has 2 aliphatic rings. The third-order valence-corrected chi connectivity index (χ3v) is 19.5. The van der Waals surface area contributed by atoms with Crippen molar-refractivity contribution >= 4 is 134 Å². The second-order valence-electron chi connectivity index (χ2n) is 23.3. The SMILES string of the molecule is c1ccc(-c2cccc(-c3ccccc3)c2B2c3ccccc3N(c3cccc4c3oc3ccccc34)c3ccccc32)cc1.c1ccc(-c2cccc(-c3ccccc3)c2B2c3ccccc3N(c3cccc4c3sc3ccccc34)c3ccccc32)cc1. The monoisotopic (exact) mass is 1160 g/mol. The van der Waals surface area contributed by atoms with E-state index in [4.69, 9.17) is 4.42 Å². The van der Waals surface area contributed by atoms with Crippen LogP contribution in [0.2, 0.25) is 0 Å². The number of hydrogen-bond donors (Lipinski definition) is 0. The number of anilines is 6. The van der Waals surface area contributed by atoms with Crippen molar-refractivity contribution in [3.8, 4) is 44.5 Å². The number of nitrogens with zero attached hydrogens (tertiary/aromatic N) is 2. The summed E-state index contributed by atoms with van der Waals surface area (Å²) in [4.78, 5) is 4.91. The first-order valence-electron chi connectivity index (χ1n) is 31.0. The van der Waals surface area contributed by atoms with Crippen LogP contribution in [0, 0.1) is 0 Å². The zero-order chi connectivity index (χ0) is 59.5. The number of para-hydroxylation sites is 6. The Morgan fingerprint density at radius 3 is 1.02 bits per heavy atom. The molecule has 0 N–H and O–H groups in total. The van der Waals surface area contributed by atoms with Gasteiger partial charge >= 0.3 is 0 Å². The highest BCUT2D eigenvalue weighted by molar-refractivity contribution is 7.26. The minimum atomic E-state index is 0.00939. The molecule has 2 aromatic heterocycles. The van der Waals surface area contributed by atoms with E-state index >= 15 is 0 Å². The Morgan fingerprint density at radius 2 is 0.567 bits per heavy atom. The van der Waals surface area contributed by atoms with Crippen molar-refractivity contribution in [3.63, 3.8) is 0 Å². The molecule has 3 nitrogen and oxygen atoms in total. The number of fused-ring (bicyclic) bond motifs is 10. The Bertz CT molecular complexity index is 4810. The molecule has 14 aromatic carbocycles. The predicted molar refractivity (Wildman–Crippen MR) is 386 cm³/mol. The van der Waals surface area contributed by atoms with Crippen molar-refractivity contribution in [2.24, 2.45) is 0 Å². The molecule has 0 bridgehead atoms. The minimum absolute atomic E-state index is 0.00939. The summed E-state index contributed by atoms with van der Waals surface area (Å²) in [6.45, 7) is 0.0528. The van der Waals surface area contributed by atoms with E-state index in [1.54, 1.807) is 0 Å². The van der Waals surface area contributed by atoms with E-state index in [1.165, 1.54) is 115 Å². The molecule has 0 saturated heterocycles. The van der Waals surface area contributed by atoms with Crippen molar-refractivity contribution < 1.29 is 4.42 Å². The van der Waals surface area contributed by atoms with Crippen LogP contribution in [0.5, 0.6) is 0 Å². The standard InChI is InChI=1S/C42H28BNO.C42H28BNS/c2*1-3-15-29(16-4-1)31-20-13-21-32(30-17-5-2-6-18-30)41(31)43-35-23-8-10-25-37(35)44(38-26-11-9-24-36(38)43)39-27-14-22-34-33-19-7-12-28-40(33)45-42(34)39/h2*1-28H. The first kappa shape index (κ1) is 53.1. The number of rotatable bonds is 8. The molecule has 4 heterocycles. The summed E-state index contributed by atoms with van der Waals surface area (Å²) in [5, 5.41) is 4.89. The van der Waals surface area contributed by atoms with E-state index in [1.807, 2.05) is 17.4 Å². The molecule has 90 heavy (non-hydrogen) atoms. The fraction of sp³-hybridized carbons (Fsp3) is 0. The number of thiophene rings is 1. The molecule has 6 heteroatoms. The van der Waals surface area contributed by atoms with Crippen LogP contribution in [0.15, 0.2) is 344 Å². The highest BCUT2D eigenvalue weighted by atomic mass is 32.1. The second-order valence-corrected chi connectivity index (χ2v) is 24.3. The van der Waals surface area contributed by atoms with Gasteiger partial charge in [0.1, 0.15) is 5.58 Å². The molecule has 0 atom stereocenters. The number of furan rings is 1. The van der Waals surface area contributed by atoms with Gasteiger partial charge in [0.15, 0.2) is 5.58 Å². The Kier molecular flexibility index (Phi) is 13.3. The van der Waals surface area contributed by atoms with Crippen LogP contribution < -0.4 is 42.6 Å². The average molecular weight is 1160 g/mol. The second kappa shape index (κ2) is 22.5. The Balaban J connectivity index is 0.000000139. The van der Waals surface area contributed by atoms with Gasteiger partial charge in [-0.2, -0.15) is 0 Å². The highest BCUT2D eigenvalue weighted by Gasteiger charge is 2.40. The van der Waals surface area contributed by atoms with Crippen molar-refractivity contribution in [1.29, 1.82) is 0 Å². The zero-order valence-electron chi connectivity index (χ0n) is 49.2. The van der Waals surface area contributed by atoms with Gasteiger partial charge in [0.05, 0.1) is 16.1 Å². The normalized spacial score (nSPS) is 12.4. The summed E-state index contributed by atoms with van der Waals surface area (Å²) < 4.78 is 9.23. The molecule has 0 unspecified atom stereocenters. The van der Waals surface area contributed by atoms with Crippen LogP contribution in [0.4, 0.5) is 34.1 Å². The molecule has 0 radical (unpaired) electrons. The third-order valence-electron chi connectivity index (χ3n) is 18.3. The topological polar surface area (TPSA) is 19.6 Å². The predicted octanol–water partition coefficient (Wildman–Crippen LogP) is 18.9. The highest BCUT2D eigenvalue weighted by Crippen LogP contribution is 2.47. The fourth-order valence-electron chi connectivity index (χ4n) is 14.5. The number of benzene rings is 14. The van der Waals surface area contributed by atoms with Crippen LogP contribution in [-0.2, 0) is 0 Å². The van der Waals surface area contributed by atoms with Crippen molar-refractivity contribution in [2.75, 3.05) is 9.80 Å². The molecule has 18 rings (SSSR count). The van der Waals surface area contributed by atoms with Gasteiger partial charge in [-0.05, 0) is 115 Å². The first-order chi connectivity index (χ1) is 44.7. The fourth-order valence-corrected chi connectivity index (χ4v) is 15.7. The van der Waals surface area contributed by atoms with Gasteiger partial charge in [0, 0.05) is 49.0 Å². The van der Waals surface area contributed by atoms with E-state index in [9.17, 15) is 0 Å². The Labute approximate surface area is 528 Å². The van der Waals surface area contributed by atoms with Crippen molar-refractivity contribution in [2.45, 2.75) is 0 Å². The van der Waals surface area contributed by atoms with Crippen LogP contribution in [0.3, 0.4) is 0 Å². The maximum atomic E-state index is 6.59. The largest absolute Gasteiger partial charge is 0.454 e. The summed E-state index contributed by atoms with van der Waals surface area (Å²) in [6.07, 6.45) is 0. The molecule has 0 saturated carbocycles. The maximum Gasteiger partial charge on any atom is 0.248 e. The molecule has 0 fully saturated rings. The molecular formula is C84H56B2N2OS. The van der Waals surface area contributed by atoms with Crippen LogP contribution >= 0.6 is 11.3 Å². The zero-order valence-corrected chi connectivity index (χ0v) is 50.0. The molecular weight excluding hydrogens is 1110 g/mol. The van der Waals surface area contributed by atoms with E-state index in [-0.39, 0.29) is 13.4 Å². The van der Waals surface area contributed by atoms with Gasteiger partial charge in [-0.25, -0.2) is 0 Å².